The number of hydrogen-bond acceptors (Lipinski definition) is 11. The Labute approximate surface area is 349 Å². The lowest BCUT2D eigenvalue weighted by Crippen LogP contribution is -2.50. The molecule has 59 heavy (non-hydrogen) atoms. The monoisotopic (exact) mass is 822 g/mol. The first kappa shape index (κ1) is 47.9. The van der Waals surface area contributed by atoms with E-state index in [-0.39, 0.29) is 48.9 Å². The molecular weight excluding hydrogens is 757 g/mol. The number of carbonyl (C=O) groups is 3. The van der Waals surface area contributed by atoms with E-state index in [1.165, 1.54) is 18.2 Å². The van der Waals surface area contributed by atoms with Crippen LogP contribution in [0.15, 0.2) is 96.7 Å². The van der Waals surface area contributed by atoms with Crippen LogP contribution in [0, 0.1) is 17.8 Å². The Morgan fingerprint density at radius 3 is 2.27 bits per heavy atom. The molecule has 326 valence electrons. The summed E-state index contributed by atoms with van der Waals surface area (Å²) in [6.45, 7) is 7.75. The summed E-state index contributed by atoms with van der Waals surface area (Å²) in [5, 5.41) is 52.4. The molecule has 12 nitrogen and oxygen atoms in total. The number of carbonyl (C=O) groups excluding carboxylic acids is 2. The maximum Gasteiger partial charge on any atom is 0.331 e. The van der Waals surface area contributed by atoms with E-state index < -0.39 is 73.0 Å². The van der Waals surface area contributed by atoms with Gasteiger partial charge in [0.15, 0.2) is 11.9 Å². The minimum Gasteiger partial charge on any atom is -0.481 e. The third-order valence-corrected chi connectivity index (χ3v) is 11.5. The van der Waals surface area contributed by atoms with E-state index in [0.29, 0.717) is 32.1 Å². The van der Waals surface area contributed by atoms with Gasteiger partial charge in [0.2, 0.25) is 0 Å². The van der Waals surface area contributed by atoms with Crippen LogP contribution in [-0.2, 0) is 33.3 Å². The lowest BCUT2D eigenvalue weighted by atomic mass is 9.85. The van der Waals surface area contributed by atoms with E-state index in [9.17, 15) is 34.8 Å². The fourth-order valence-electron chi connectivity index (χ4n) is 7.79. The number of fused-ring (bicyclic) bond motifs is 13. The van der Waals surface area contributed by atoms with Crippen molar-refractivity contribution in [2.75, 3.05) is 0 Å². The van der Waals surface area contributed by atoms with Gasteiger partial charge in [-0.2, -0.15) is 0 Å². The summed E-state index contributed by atoms with van der Waals surface area (Å²) in [5.41, 5.74) is 0.905. The predicted molar refractivity (Wildman–Crippen MR) is 224 cm³/mol. The molecule has 6 bridgehead atoms. The minimum absolute atomic E-state index is 0.136. The zero-order valence-corrected chi connectivity index (χ0v) is 34.9. The van der Waals surface area contributed by atoms with Gasteiger partial charge in [0.1, 0.15) is 24.4 Å². The van der Waals surface area contributed by atoms with Crippen LogP contribution in [0.4, 0.5) is 0 Å². The van der Waals surface area contributed by atoms with Crippen molar-refractivity contribution in [2.24, 2.45) is 17.8 Å². The Bertz CT molecular complexity index is 1600. The summed E-state index contributed by atoms with van der Waals surface area (Å²) < 4.78 is 24.7. The summed E-state index contributed by atoms with van der Waals surface area (Å²) in [6, 6.07) is 0. The van der Waals surface area contributed by atoms with Crippen molar-refractivity contribution >= 4 is 17.7 Å². The van der Waals surface area contributed by atoms with Crippen LogP contribution in [0.25, 0.3) is 0 Å². The number of carboxylic acids is 1. The number of aliphatic hydroxyl groups excluding tert-OH is 4. The smallest absolute Gasteiger partial charge is 0.331 e. The van der Waals surface area contributed by atoms with E-state index in [2.05, 4.69) is 13.0 Å². The standard InChI is InChI=1S/C47H66O12/c1-30(17-14-15-23-44(52)53)27-31(2)47-41-26-25-34(56-47)18-10-6-5-7-12-20-36(49)46(55)43-29-38(51)33(4)40(58-43)22-16-21-39-32(3)37(50)28-42(57-39)35(48)19-11-8-9-13-24-45(54)59-41/h6,8-13,16,19-21,24-27,30,32-34,36-43,46-47,49-51,55H,5,7,14-15,17-18,22-23,28-29H2,1-4H3,(H,52,53)/b9-8+,10-6+,19-11+,20-12+,21-16+,24-13-,31-27+/t30-,32?,33-,34+,36+,37?,38+,39+,40-,41?,42?,43-,46+,47-/m1/s1. The van der Waals surface area contributed by atoms with Crippen LogP contribution in [0.3, 0.4) is 0 Å². The molecule has 0 radical (unpaired) electrons. The van der Waals surface area contributed by atoms with Crippen molar-refractivity contribution in [1.29, 1.82) is 0 Å². The number of allylic oxidation sites excluding steroid dienone is 7. The highest BCUT2D eigenvalue weighted by Crippen LogP contribution is 2.32. The first-order valence-corrected chi connectivity index (χ1v) is 21.2. The van der Waals surface area contributed by atoms with Crippen LogP contribution >= 0.6 is 0 Å². The van der Waals surface area contributed by atoms with E-state index in [4.69, 9.17) is 24.1 Å². The third kappa shape index (κ3) is 15.7. The molecule has 0 aliphatic carbocycles. The number of aliphatic carboxylic acids is 1. The van der Waals surface area contributed by atoms with Crippen LogP contribution in [0.5, 0.6) is 0 Å². The maximum absolute atomic E-state index is 13.1. The van der Waals surface area contributed by atoms with Crippen LogP contribution in [-0.4, -0.2) is 110 Å². The van der Waals surface area contributed by atoms with Crippen molar-refractivity contribution in [2.45, 2.75) is 159 Å². The minimum atomic E-state index is -1.24. The second-order valence-electron chi connectivity index (χ2n) is 16.4. The number of hydrogen-bond donors (Lipinski definition) is 5. The second-order valence-corrected chi connectivity index (χ2v) is 16.4. The average Bonchev–Trinajstić information content (AvgIpc) is 3.19. The molecule has 0 aromatic carbocycles. The number of ketones is 1. The average molecular weight is 823 g/mol. The molecule has 5 aliphatic rings. The second kappa shape index (κ2) is 24.5. The van der Waals surface area contributed by atoms with E-state index >= 15 is 0 Å². The van der Waals surface area contributed by atoms with E-state index in [1.54, 1.807) is 30.4 Å². The molecule has 5 N–H and O–H groups in total. The highest BCUT2D eigenvalue weighted by atomic mass is 16.6. The molecule has 0 aromatic heterocycles. The van der Waals surface area contributed by atoms with E-state index in [0.717, 1.165) is 18.4 Å². The topological polar surface area (TPSA) is 189 Å². The van der Waals surface area contributed by atoms with Gasteiger partial charge in [-0.05, 0) is 69.1 Å². The Hall–Kier alpha value is -3.75. The maximum atomic E-state index is 13.1. The van der Waals surface area contributed by atoms with Crippen molar-refractivity contribution < 1.29 is 58.9 Å². The zero-order chi connectivity index (χ0) is 42.9. The van der Waals surface area contributed by atoms with Crippen molar-refractivity contribution in [1.82, 2.24) is 0 Å². The highest BCUT2D eigenvalue weighted by molar-refractivity contribution is 5.94. The lowest BCUT2D eigenvalue weighted by Gasteiger charge is -2.40. The fraction of sp³-hybridized carbons (Fsp3) is 0.596. The summed E-state index contributed by atoms with van der Waals surface area (Å²) in [5.74, 6) is -2.03. The number of carboxylic acid groups (broad SMARTS) is 1. The predicted octanol–water partition coefficient (Wildman–Crippen LogP) is 5.96. The van der Waals surface area contributed by atoms with Gasteiger partial charge in [-0.25, -0.2) is 4.79 Å². The van der Waals surface area contributed by atoms with Gasteiger partial charge >= 0.3 is 11.9 Å². The summed E-state index contributed by atoms with van der Waals surface area (Å²) >= 11 is 0. The quantitative estimate of drug-likeness (QED) is 0.115. The fourth-order valence-corrected chi connectivity index (χ4v) is 7.79. The largest absolute Gasteiger partial charge is 0.481 e. The van der Waals surface area contributed by atoms with Gasteiger partial charge in [0.05, 0.1) is 36.6 Å². The SMILES string of the molecule is C/C(=C\[C@H](C)CCCCC(=O)O)[C@H]1O[C@@H]2C=CC1OC(=O)\C=C/C=C/C=C/C(=O)C1CC(O)C(C)[C@H](/C=C/C[C@H]3O[C@H](C[C@H](O)[C@H]3C)[C@@H](O)[C@@H](O)/C=C/CC/C=C/C2)O1. The molecule has 5 aliphatic heterocycles. The number of ether oxygens (including phenoxy) is 4. The van der Waals surface area contributed by atoms with Gasteiger partial charge in [0.25, 0.3) is 0 Å². The Balaban J connectivity index is 1.50. The van der Waals surface area contributed by atoms with Crippen LogP contribution in [0.1, 0.15) is 91.9 Å². The molecule has 5 rings (SSSR count). The Kier molecular flexibility index (Phi) is 19.9. The van der Waals surface area contributed by atoms with Gasteiger partial charge < -0.3 is 44.5 Å². The molecule has 14 atom stereocenters. The van der Waals surface area contributed by atoms with Crippen LogP contribution in [0.2, 0.25) is 0 Å². The number of rotatable bonds is 7. The molecule has 12 heteroatoms. The number of esters is 1. The molecule has 0 aromatic rings. The van der Waals surface area contributed by atoms with Gasteiger partial charge in [-0.3, -0.25) is 9.59 Å². The highest BCUT2D eigenvalue weighted by Gasteiger charge is 2.40. The molecule has 5 heterocycles. The summed E-state index contributed by atoms with van der Waals surface area (Å²) in [7, 11) is 0. The molecule has 2 saturated heterocycles. The molecule has 0 amide bonds. The van der Waals surface area contributed by atoms with Crippen molar-refractivity contribution in [3.05, 3.63) is 96.7 Å². The summed E-state index contributed by atoms with van der Waals surface area (Å²) in [6.07, 6.45) is 22.7. The molecule has 0 saturated carbocycles. The molecule has 2 fully saturated rings. The van der Waals surface area contributed by atoms with Crippen LogP contribution < -0.4 is 0 Å². The van der Waals surface area contributed by atoms with E-state index in [1.807, 2.05) is 57.2 Å². The van der Waals surface area contributed by atoms with Crippen molar-refractivity contribution in [3.8, 4) is 0 Å². The van der Waals surface area contributed by atoms with Gasteiger partial charge in [-0.1, -0.05) is 100 Å². The van der Waals surface area contributed by atoms with Gasteiger partial charge in [0, 0.05) is 37.2 Å². The molecular formula is C47H66O12. The van der Waals surface area contributed by atoms with Gasteiger partial charge in [-0.15, -0.1) is 0 Å². The summed E-state index contributed by atoms with van der Waals surface area (Å²) in [4.78, 5) is 36.9. The number of aliphatic hydroxyl groups is 4. The first-order chi connectivity index (χ1) is 28.2. The zero-order valence-electron chi connectivity index (χ0n) is 34.9. The Morgan fingerprint density at radius 2 is 1.51 bits per heavy atom. The third-order valence-electron chi connectivity index (χ3n) is 11.5. The lowest BCUT2D eigenvalue weighted by molar-refractivity contribution is -0.175. The Morgan fingerprint density at radius 1 is 0.780 bits per heavy atom. The number of unbranched alkanes of at least 4 members (excludes halogenated alkanes) is 1. The molecule has 0 spiro atoms. The normalized spacial score (nSPS) is 39.5. The van der Waals surface area contributed by atoms with Crippen molar-refractivity contribution in [3.63, 3.8) is 0 Å². The first-order valence-electron chi connectivity index (χ1n) is 21.2. The molecule has 4 unspecified atom stereocenters.